The topological polar surface area (TPSA) is 54.5 Å². The zero-order valence-corrected chi connectivity index (χ0v) is 15.7. The lowest BCUT2D eigenvalue weighted by Crippen LogP contribution is -2.43. The van der Waals surface area contributed by atoms with E-state index in [1.807, 2.05) is 37.9 Å². The first-order valence-corrected chi connectivity index (χ1v) is 8.92. The number of likely N-dealkylation sites (tertiary alicyclic amines) is 1. The average molecular weight is 384 g/mol. The Morgan fingerprint density at radius 2 is 2.09 bits per heavy atom. The van der Waals surface area contributed by atoms with Crippen LogP contribution < -0.4 is 5.32 Å². The number of pyridine rings is 1. The summed E-state index contributed by atoms with van der Waals surface area (Å²) >= 11 is 3.34. The number of nitrogens with one attached hydrogen (secondary N) is 1. The molecular weight excluding hydrogens is 358 g/mol. The lowest BCUT2D eigenvalue weighted by molar-refractivity contribution is 0.0184. The third kappa shape index (κ3) is 6.47. The van der Waals surface area contributed by atoms with E-state index >= 15 is 0 Å². The molecule has 1 aliphatic heterocycles. The van der Waals surface area contributed by atoms with Gasteiger partial charge in [-0.25, -0.2) is 9.78 Å². The normalized spacial score (nSPS) is 16.4. The van der Waals surface area contributed by atoms with Crippen molar-refractivity contribution in [1.82, 2.24) is 15.2 Å². The number of carbonyl (C=O) groups is 1. The molecule has 0 atom stereocenters. The summed E-state index contributed by atoms with van der Waals surface area (Å²) in [6.45, 7) is 9.06. The van der Waals surface area contributed by atoms with E-state index in [0.29, 0.717) is 5.92 Å². The van der Waals surface area contributed by atoms with Crippen LogP contribution in [0.25, 0.3) is 0 Å². The van der Waals surface area contributed by atoms with Crippen molar-refractivity contribution in [1.29, 1.82) is 0 Å². The average Bonchev–Trinajstić information content (AvgIpc) is 2.48. The Balaban J connectivity index is 1.66. The van der Waals surface area contributed by atoms with Gasteiger partial charge in [0.05, 0.1) is 0 Å². The van der Waals surface area contributed by atoms with Crippen LogP contribution >= 0.6 is 15.9 Å². The van der Waals surface area contributed by atoms with Crippen molar-refractivity contribution in [2.24, 2.45) is 5.92 Å². The molecule has 0 unspecified atom stereocenters. The van der Waals surface area contributed by atoms with Crippen molar-refractivity contribution in [2.75, 3.05) is 19.6 Å². The van der Waals surface area contributed by atoms with Crippen LogP contribution in [0.3, 0.4) is 0 Å². The van der Waals surface area contributed by atoms with Gasteiger partial charge in [0.1, 0.15) is 10.2 Å². The lowest BCUT2D eigenvalue weighted by Gasteiger charge is -2.33. The summed E-state index contributed by atoms with van der Waals surface area (Å²) in [5.74, 6) is 0.608. The number of rotatable bonds is 4. The number of hydrogen-bond acceptors (Lipinski definition) is 4. The van der Waals surface area contributed by atoms with Crippen LogP contribution in [0.15, 0.2) is 22.9 Å². The summed E-state index contributed by atoms with van der Waals surface area (Å²) < 4.78 is 6.28. The maximum absolute atomic E-state index is 12.0. The molecule has 0 aliphatic carbocycles. The first kappa shape index (κ1) is 18.2. The molecule has 5 nitrogen and oxygen atoms in total. The fourth-order valence-corrected chi connectivity index (χ4v) is 2.81. The molecule has 2 rings (SSSR count). The minimum Gasteiger partial charge on any atom is -0.444 e. The van der Waals surface area contributed by atoms with E-state index in [0.717, 1.165) is 43.6 Å². The summed E-state index contributed by atoms with van der Waals surface area (Å²) in [7, 11) is 0. The van der Waals surface area contributed by atoms with Gasteiger partial charge < -0.3 is 15.0 Å². The molecule has 1 saturated heterocycles. The van der Waals surface area contributed by atoms with Gasteiger partial charge in [-0.3, -0.25) is 0 Å². The molecule has 1 aromatic heterocycles. The molecule has 0 spiro atoms. The fraction of sp³-hybridized carbons (Fsp3) is 0.647. The lowest BCUT2D eigenvalue weighted by atomic mass is 9.97. The number of hydrogen-bond donors (Lipinski definition) is 1. The van der Waals surface area contributed by atoms with E-state index in [1.54, 1.807) is 0 Å². The van der Waals surface area contributed by atoms with Crippen molar-refractivity contribution in [3.8, 4) is 0 Å². The third-order valence-electron chi connectivity index (χ3n) is 3.82. The van der Waals surface area contributed by atoms with Crippen LogP contribution in [0.1, 0.15) is 39.2 Å². The Labute approximate surface area is 146 Å². The zero-order valence-electron chi connectivity index (χ0n) is 14.1. The molecule has 1 aromatic rings. The minimum absolute atomic E-state index is 0.190. The maximum atomic E-state index is 12.0. The van der Waals surface area contributed by atoms with Gasteiger partial charge in [0.15, 0.2) is 0 Å². The molecule has 0 radical (unpaired) electrons. The van der Waals surface area contributed by atoms with Gasteiger partial charge in [-0.05, 0) is 73.6 Å². The molecule has 1 N–H and O–H groups in total. The van der Waals surface area contributed by atoms with Crippen LogP contribution in [0.4, 0.5) is 4.79 Å². The Morgan fingerprint density at radius 3 is 2.65 bits per heavy atom. The molecule has 128 valence electrons. The van der Waals surface area contributed by atoms with Gasteiger partial charge >= 0.3 is 6.09 Å². The van der Waals surface area contributed by atoms with E-state index < -0.39 is 5.60 Å². The van der Waals surface area contributed by atoms with Crippen molar-refractivity contribution >= 4 is 22.0 Å². The first-order valence-electron chi connectivity index (χ1n) is 8.12. The molecule has 0 saturated carbocycles. The SMILES string of the molecule is CC(C)(C)OC(=O)N1CCC(CNCc2ccc(Br)nc2)CC1. The van der Waals surface area contributed by atoms with Crippen molar-refractivity contribution in [3.05, 3.63) is 28.5 Å². The number of amides is 1. The predicted octanol–water partition coefficient (Wildman–Crippen LogP) is 3.58. The first-order chi connectivity index (χ1) is 10.8. The number of ether oxygens (including phenoxy) is 1. The minimum atomic E-state index is -0.422. The monoisotopic (exact) mass is 383 g/mol. The quantitative estimate of drug-likeness (QED) is 0.807. The van der Waals surface area contributed by atoms with E-state index in [1.165, 1.54) is 5.56 Å². The highest BCUT2D eigenvalue weighted by Crippen LogP contribution is 2.19. The molecule has 1 fully saturated rings. The van der Waals surface area contributed by atoms with Gasteiger partial charge in [-0.2, -0.15) is 0 Å². The summed E-state index contributed by atoms with van der Waals surface area (Å²) in [5, 5.41) is 3.48. The van der Waals surface area contributed by atoms with Crippen molar-refractivity contribution in [2.45, 2.75) is 45.8 Å². The number of nitrogens with zero attached hydrogens (tertiary/aromatic N) is 2. The molecule has 23 heavy (non-hydrogen) atoms. The molecule has 0 aromatic carbocycles. The zero-order chi connectivity index (χ0) is 16.9. The van der Waals surface area contributed by atoms with E-state index in [9.17, 15) is 4.79 Å². The van der Waals surface area contributed by atoms with E-state index in [-0.39, 0.29) is 6.09 Å². The predicted molar refractivity (Wildman–Crippen MR) is 94.2 cm³/mol. The second-order valence-electron chi connectivity index (χ2n) is 7.03. The van der Waals surface area contributed by atoms with E-state index in [4.69, 9.17) is 4.74 Å². The summed E-state index contributed by atoms with van der Waals surface area (Å²) in [6, 6.07) is 4.02. The summed E-state index contributed by atoms with van der Waals surface area (Å²) in [6.07, 6.45) is 3.72. The van der Waals surface area contributed by atoms with Crippen LogP contribution in [-0.4, -0.2) is 41.2 Å². The number of carbonyl (C=O) groups excluding carboxylic acids is 1. The van der Waals surface area contributed by atoms with Crippen molar-refractivity contribution < 1.29 is 9.53 Å². The van der Waals surface area contributed by atoms with Crippen molar-refractivity contribution in [3.63, 3.8) is 0 Å². The molecule has 1 amide bonds. The smallest absolute Gasteiger partial charge is 0.410 e. The fourth-order valence-electron chi connectivity index (χ4n) is 2.58. The number of aromatic nitrogens is 1. The molecule has 1 aliphatic rings. The highest BCUT2D eigenvalue weighted by atomic mass is 79.9. The highest BCUT2D eigenvalue weighted by Gasteiger charge is 2.26. The number of halogens is 1. The second kappa shape index (κ2) is 8.11. The Kier molecular flexibility index (Phi) is 6.41. The van der Waals surface area contributed by atoms with Crippen LogP contribution in [0.5, 0.6) is 0 Å². The van der Waals surface area contributed by atoms with Gasteiger partial charge in [0, 0.05) is 25.8 Å². The summed E-state index contributed by atoms with van der Waals surface area (Å²) in [5.41, 5.74) is 0.758. The Bertz CT molecular complexity index is 506. The Hall–Kier alpha value is -1.14. The molecule has 6 heteroatoms. The van der Waals surface area contributed by atoms with E-state index in [2.05, 4.69) is 32.3 Å². The van der Waals surface area contributed by atoms with Crippen LogP contribution in [0, 0.1) is 5.92 Å². The molecular formula is C17H26BrN3O2. The third-order valence-corrected chi connectivity index (χ3v) is 4.29. The van der Waals surface area contributed by atoms with Gasteiger partial charge in [-0.15, -0.1) is 0 Å². The maximum Gasteiger partial charge on any atom is 0.410 e. The van der Waals surface area contributed by atoms with Gasteiger partial charge in [0.25, 0.3) is 0 Å². The van der Waals surface area contributed by atoms with Crippen LogP contribution in [-0.2, 0) is 11.3 Å². The Morgan fingerprint density at radius 1 is 1.39 bits per heavy atom. The largest absolute Gasteiger partial charge is 0.444 e. The van der Waals surface area contributed by atoms with Gasteiger partial charge in [0.2, 0.25) is 0 Å². The van der Waals surface area contributed by atoms with Crippen LogP contribution in [0.2, 0.25) is 0 Å². The highest BCUT2D eigenvalue weighted by molar-refractivity contribution is 9.10. The number of piperidine rings is 1. The molecule has 2 heterocycles. The standard InChI is InChI=1S/C17H26BrN3O2/c1-17(2,3)23-16(22)21-8-6-13(7-9-21)10-19-11-14-4-5-15(18)20-12-14/h4-5,12-13,19H,6-11H2,1-3H3. The second-order valence-corrected chi connectivity index (χ2v) is 7.84. The van der Waals surface area contributed by atoms with Gasteiger partial charge in [-0.1, -0.05) is 6.07 Å². The molecule has 0 bridgehead atoms. The summed E-state index contributed by atoms with van der Waals surface area (Å²) in [4.78, 5) is 18.1.